The van der Waals surface area contributed by atoms with Crippen LogP contribution in [0.25, 0.3) is 5.57 Å². The summed E-state index contributed by atoms with van der Waals surface area (Å²) in [4.78, 5) is 31.5. The number of nitrogens with one attached hydrogen (secondary N) is 1. The lowest BCUT2D eigenvalue weighted by molar-refractivity contribution is -0.142. The minimum Gasteiger partial charge on any atom is -0.493 e. The molecule has 4 atom stereocenters. The zero-order chi connectivity index (χ0) is 41.5. The molecule has 1 aliphatic heterocycles. The molecule has 3 N–H and O–H groups in total. The third-order valence-corrected chi connectivity index (χ3v) is 10.0. The number of nitrogens with zero attached hydrogens (tertiary/aromatic N) is 2. The number of rotatable bonds is 21. The van der Waals surface area contributed by atoms with E-state index >= 15 is 0 Å². The summed E-state index contributed by atoms with van der Waals surface area (Å²) in [5.74, 6) is 0.271. The second-order valence-electron chi connectivity index (χ2n) is 14.8. The summed E-state index contributed by atoms with van der Waals surface area (Å²) in [6, 6.07) is 4.98. The van der Waals surface area contributed by atoms with Crippen LogP contribution in [0.5, 0.6) is 5.75 Å². The van der Waals surface area contributed by atoms with E-state index in [0.717, 1.165) is 55.5 Å². The molecule has 11 heteroatoms. The number of carbonyl (C=O) groups is 2. The Morgan fingerprint density at radius 3 is 2.35 bits per heavy atom. The molecule has 304 valence electrons. The van der Waals surface area contributed by atoms with Crippen molar-refractivity contribution in [3.8, 4) is 5.75 Å². The first-order valence-corrected chi connectivity index (χ1v) is 19.4. The highest BCUT2D eigenvalue weighted by atomic mass is 19.4. The number of hydrogen-bond acceptors (Lipinski definition) is 7. The van der Waals surface area contributed by atoms with Crippen molar-refractivity contribution < 1.29 is 32.2 Å². The van der Waals surface area contributed by atoms with E-state index in [2.05, 4.69) is 65.0 Å². The van der Waals surface area contributed by atoms with Crippen molar-refractivity contribution in [2.45, 2.75) is 113 Å². The molecule has 0 spiro atoms. The lowest BCUT2D eigenvalue weighted by Crippen LogP contribution is -2.38. The molecule has 0 aliphatic carbocycles. The summed E-state index contributed by atoms with van der Waals surface area (Å²) >= 11 is 0. The van der Waals surface area contributed by atoms with Crippen LogP contribution in [0.3, 0.4) is 0 Å². The van der Waals surface area contributed by atoms with Crippen LogP contribution in [0.15, 0.2) is 89.6 Å². The van der Waals surface area contributed by atoms with E-state index in [9.17, 15) is 22.8 Å². The Hall–Kier alpha value is -4.54. The Balaban J connectivity index is 2.69. The second kappa shape index (κ2) is 21.5. The molecule has 1 aliphatic rings. The number of allylic oxidation sites excluding steroid dienone is 6. The zero-order valence-corrected chi connectivity index (χ0v) is 34.4. The molecule has 55 heavy (non-hydrogen) atoms. The molecule has 1 heterocycles. The first-order chi connectivity index (χ1) is 25.8. The Morgan fingerprint density at radius 1 is 1.07 bits per heavy atom. The summed E-state index contributed by atoms with van der Waals surface area (Å²) in [5, 5.41) is 2.50. The van der Waals surface area contributed by atoms with Crippen molar-refractivity contribution in [2.24, 2.45) is 33.9 Å². The third kappa shape index (κ3) is 13.6. The van der Waals surface area contributed by atoms with E-state index < -0.39 is 17.7 Å². The fourth-order valence-electron chi connectivity index (χ4n) is 6.44. The van der Waals surface area contributed by atoms with Gasteiger partial charge in [-0.1, -0.05) is 92.7 Å². The molecule has 0 saturated heterocycles. The molecule has 4 unspecified atom stereocenters. The Bertz CT molecular complexity index is 1670. The molecule has 0 radical (unpaired) electrons. The van der Waals surface area contributed by atoms with Crippen molar-refractivity contribution in [1.82, 2.24) is 10.2 Å². The summed E-state index contributed by atoms with van der Waals surface area (Å²) in [6.07, 6.45) is 7.58. The van der Waals surface area contributed by atoms with Gasteiger partial charge in [-0.2, -0.15) is 13.2 Å². The number of unbranched alkanes of at least 4 members (excludes halogenated alkanes) is 1. The van der Waals surface area contributed by atoms with Gasteiger partial charge in [-0.25, -0.2) is 4.99 Å². The van der Waals surface area contributed by atoms with E-state index in [1.54, 1.807) is 24.4 Å². The number of benzene rings is 1. The molecule has 1 aromatic rings. The highest BCUT2D eigenvalue weighted by Crippen LogP contribution is 2.46. The van der Waals surface area contributed by atoms with Crippen molar-refractivity contribution in [1.29, 1.82) is 0 Å². The first kappa shape index (κ1) is 46.6. The van der Waals surface area contributed by atoms with Crippen LogP contribution >= 0.6 is 0 Å². The number of ether oxygens (including phenoxy) is 2. The highest BCUT2D eigenvalue weighted by Gasteiger charge is 2.37. The summed E-state index contributed by atoms with van der Waals surface area (Å²) in [5.41, 5.74) is 8.53. The highest BCUT2D eigenvalue weighted by molar-refractivity contribution is 6.06. The number of hydrogen-bond donors (Lipinski definition) is 2. The zero-order valence-electron chi connectivity index (χ0n) is 34.4. The van der Waals surface area contributed by atoms with Gasteiger partial charge in [0, 0.05) is 47.3 Å². The number of nitrogens with two attached hydrogens (primary N) is 1. The monoisotopic (exact) mass is 768 g/mol. The number of alkyl halides is 3. The predicted octanol–water partition coefficient (Wildman–Crippen LogP) is 11.0. The molecule has 0 fully saturated rings. The minimum absolute atomic E-state index is 0.0551. The van der Waals surface area contributed by atoms with Gasteiger partial charge < -0.3 is 25.4 Å². The maximum absolute atomic E-state index is 13.7. The van der Waals surface area contributed by atoms with Gasteiger partial charge in [0.2, 0.25) is 0 Å². The van der Waals surface area contributed by atoms with Gasteiger partial charge in [-0.3, -0.25) is 9.59 Å². The number of esters is 1. The van der Waals surface area contributed by atoms with Gasteiger partial charge in [0.05, 0.1) is 24.5 Å². The topological polar surface area (TPSA) is 106 Å². The fourth-order valence-corrected chi connectivity index (χ4v) is 6.44. The van der Waals surface area contributed by atoms with Crippen LogP contribution in [0, 0.1) is 23.2 Å². The average Bonchev–Trinajstić information content (AvgIpc) is 3.13. The Morgan fingerprint density at radius 2 is 1.76 bits per heavy atom. The molecule has 0 bridgehead atoms. The first-order valence-electron chi connectivity index (χ1n) is 19.4. The van der Waals surface area contributed by atoms with Crippen molar-refractivity contribution >= 4 is 23.3 Å². The normalized spacial score (nSPS) is 17.2. The Labute approximate surface area is 327 Å². The summed E-state index contributed by atoms with van der Waals surface area (Å²) < 4.78 is 52.6. The molecular formula is C44H63F3N4O4. The maximum atomic E-state index is 13.7. The van der Waals surface area contributed by atoms with Gasteiger partial charge in [-0.15, -0.1) is 0 Å². The van der Waals surface area contributed by atoms with Crippen molar-refractivity contribution in [3.63, 3.8) is 0 Å². The SMILES string of the molecule is C=C(/C=C(\C=C/CCC)C(F)(F)F)NC(=O)c1ccc(/C(=C2\C(N)=NC=CN2C(=C)C(C)(CCC(C)COC(C)=O)CC(C)CC)C(C)CC)c(OCC)c1. The van der Waals surface area contributed by atoms with E-state index in [1.807, 2.05) is 24.9 Å². The number of aliphatic imine (C=N–C) groups is 1. The predicted molar refractivity (Wildman–Crippen MR) is 218 cm³/mol. The standard InChI is InChI=1S/C44H63F3N4O4/c1-12-16-17-18-36(44(45,46)47)25-32(8)50-42(53)35-19-20-37(38(26-35)54-15-4)39(31(7)14-3)40-41(48)49-23-24-51(40)33(9)43(11,27-29(5)13-2)22-21-30(6)28-55-34(10)52/h17-20,23-26,29-31H,8-9,12-16,21-22,27-28H2,1-7,10-11H3,(H2,48,49)(H,50,53)/b18-17-,36-25+,40-39+. The number of halogens is 3. The molecule has 8 nitrogen and oxygen atoms in total. The molecular weight excluding hydrogens is 706 g/mol. The minimum atomic E-state index is -4.62. The van der Waals surface area contributed by atoms with E-state index in [-0.39, 0.29) is 41.1 Å². The van der Waals surface area contributed by atoms with Crippen LogP contribution in [0.4, 0.5) is 13.2 Å². The van der Waals surface area contributed by atoms with Gasteiger partial charge in [0.1, 0.15) is 11.6 Å². The van der Waals surface area contributed by atoms with Crippen LogP contribution in [-0.4, -0.2) is 42.0 Å². The number of amidine groups is 1. The number of amides is 1. The fraction of sp³-hybridized carbons (Fsp3) is 0.523. The lowest BCUT2D eigenvalue weighted by atomic mass is 9.73. The second-order valence-corrected chi connectivity index (χ2v) is 14.8. The van der Waals surface area contributed by atoms with E-state index in [1.165, 1.54) is 13.0 Å². The van der Waals surface area contributed by atoms with Crippen LogP contribution in [-0.2, 0) is 9.53 Å². The smallest absolute Gasteiger partial charge is 0.416 e. The van der Waals surface area contributed by atoms with Gasteiger partial charge in [0.25, 0.3) is 5.91 Å². The van der Waals surface area contributed by atoms with Gasteiger partial charge in [-0.05, 0) is 80.6 Å². The lowest BCUT2D eigenvalue weighted by Gasteiger charge is -2.42. The summed E-state index contributed by atoms with van der Waals surface area (Å²) in [6.45, 7) is 27.0. The molecule has 0 saturated carbocycles. The molecule has 2 rings (SSSR count). The van der Waals surface area contributed by atoms with E-state index in [0.29, 0.717) is 48.2 Å². The van der Waals surface area contributed by atoms with Crippen molar-refractivity contribution in [2.75, 3.05) is 13.2 Å². The van der Waals surface area contributed by atoms with Crippen LogP contribution in [0.1, 0.15) is 123 Å². The molecule has 1 amide bonds. The summed E-state index contributed by atoms with van der Waals surface area (Å²) in [7, 11) is 0. The van der Waals surface area contributed by atoms with Gasteiger partial charge >= 0.3 is 12.1 Å². The average molecular weight is 769 g/mol. The van der Waals surface area contributed by atoms with Gasteiger partial charge in [0.15, 0.2) is 0 Å². The van der Waals surface area contributed by atoms with E-state index in [4.69, 9.17) is 15.2 Å². The third-order valence-electron chi connectivity index (χ3n) is 10.0. The number of carbonyl (C=O) groups excluding carboxylic acids is 2. The largest absolute Gasteiger partial charge is 0.493 e. The molecule has 0 aromatic heterocycles. The van der Waals surface area contributed by atoms with Crippen LogP contribution < -0.4 is 15.8 Å². The molecule has 1 aromatic carbocycles. The Kier molecular flexibility index (Phi) is 18.2. The van der Waals surface area contributed by atoms with Crippen LogP contribution in [0.2, 0.25) is 0 Å². The maximum Gasteiger partial charge on any atom is 0.416 e. The van der Waals surface area contributed by atoms with Crippen molar-refractivity contribution in [3.05, 3.63) is 95.8 Å². The quantitative estimate of drug-likeness (QED) is 0.0953.